The van der Waals surface area contributed by atoms with Crippen molar-refractivity contribution < 1.29 is 0 Å². The van der Waals surface area contributed by atoms with Crippen molar-refractivity contribution in [2.75, 3.05) is 11.9 Å². The van der Waals surface area contributed by atoms with Crippen LogP contribution in [0.2, 0.25) is 5.15 Å². The number of thiazole rings is 1. The molecule has 0 atom stereocenters. The van der Waals surface area contributed by atoms with Gasteiger partial charge in [0.2, 0.25) is 0 Å². The Balaban J connectivity index is 2.13. The molecule has 2 aromatic rings. The van der Waals surface area contributed by atoms with Gasteiger partial charge in [0.1, 0.15) is 5.15 Å². The van der Waals surface area contributed by atoms with E-state index in [0.29, 0.717) is 11.0 Å². The Labute approximate surface area is 121 Å². The zero-order valence-corrected chi connectivity index (χ0v) is 12.6. The fourth-order valence-corrected chi connectivity index (χ4v) is 3.15. The maximum atomic E-state index is 6.01. The molecule has 0 radical (unpaired) electrons. The summed E-state index contributed by atoms with van der Waals surface area (Å²) in [6.45, 7) is 2.91. The van der Waals surface area contributed by atoms with Gasteiger partial charge in [-0.2, -0.15) is 0 Å². The molecule has 0 saturated carbocycles. The van der Waals surface area contributed by atoms with E-state index in [1.54, 1.807) is 11.3 Å². The Kier molecular flexibility index (Phi) is 4.49. The highest BCUT2D eigenvalue weighted by molar-refractivity contribution is 7.16. The van der Waals surface area contributed by atoms with Gasteiger partial charge in [-0.25, -0.2) is 4.98 Å². The lowest BCUT2D eigenvalue weighted by molar-refractivity contribution is 0.913. The van der Waals surface area contributed by atoms with Gasteiger partial charge in [-0.05, 0) is 12.5 Å². The lowest BCUT2D eigenvalue weighted by Crippen LogP contribution is -2.15. The molecule has 0 aliphatic carbocycles. The molecule has 0 saturated heterocycles. The van der Waals surface area contributed by atoms with E-state index < -0.39 is 0 Å². The van der Waals surface area contributed by atoms with E-state index in [1.807, 2.05) is 7.05 Å². The number of hydrogen-bond acceptors (Lipinski definition) is 3. The molecule has 1 aromatic heterocycles. The second-order valence-electron chi connectivity index (χ2n) is 4.19. The Morgan fingerprint density at radius 3 is 2.78 bits per heavy atom. The molecule has 0 bridgehead atoms. The summed E-state index contributed by atoms with van der Waals surface area (Å²) in [4.78, 5) is 7.33. The van der Waals surface area contributed by atoms with Crippen molar-refractivity contribution in [3.8, 4) is 0 Å². The maximum Gasteiger partial charge on any atom is 0.187 e. The molecule has 1 heterocycles. The van der Waals surface area contributed by atoms with Crippen LogP contribution in [0, 0.1) is 6.92 Å². The number of halogens is 2. The number of aromatic nitrogens is 1. The third-order valence-electron chi connectivity index (χ3n) is 2.59. The molecule has 2 nitrogen and oxygen atoms in total. The summed E-state index contributed by atoms with van der Waals surface area (Å²) in [7, 11) is 2.01. The summed E-state index contributed by atoms with van der Waals surface area (Å²) in [6, 6.07) is 8.45. The monoisotopic (exact) mass is 300 g/mol. The van der Waals surface area contributed by atoms with Crippen LogP contribution in [0.3, 0.4) is 0 Å². The zero-order chi connectivity index (χ0) is 13.1. The molecule has 5 heteroatoms. The van der Waals surface area contributed by atoms with Gasteiger partial charge in [0.05, 0.1) is 10.8 Å². The maximum absolute atomic E-state index is 6.01. The van der Waals surface area contributed by atoms with Crippen molar-refractivity contribution in [3.05, 3.63) is 45.4 Å². The highest BCUT2D eigenvalue weighted by Crippen LogP contribution is 2.30. The largest absolute Gasteiger partial charge is 0.347 e. The minimum absolute atomic E-state index is 0.411. The number of anilines is 1. The van der Waals surface area contributed by atoms with Crippen LogP contribution in [0.5, 0.6) is 0 Å². The van der Waals surface area contributed by atoms with Crippen LogP contribution in [0.25, 0.3) is 0 Å². The van der Waals surface area contributed by atoms with Crippen molar-refractivity contribution in [2.45, 2.75) is 19.3 Å². The van der Waals surface area contributed by atoms with E-state index >= 15 is 0 Å². The van der Waals surface area contributed by atoms with Gasteiger partial charge in [0.15, 0.2) is 5.13 Å². The third kappa shape index (κ3) is 3.16. The number of aryl methyl sites for hydroxylation is 1. The molecule has 0 aliphatic rings. The Hall–Kier alpha value is -0.770. The van der Waals surface area contributed by atoms with Crippen LogP contribution in [-0.4, -0.2) is 12.0 Å². The van der Waals surface area contributed by atoms with Crippen molar-refractivity contribution in [1.29, 1.82) is 0 Å². The first-order valence-electron chi connectivity index (χ1n) is 5.58. The predicted octanol–water partition coefficient (Wildman–Crippen LogP) is 4.48. The van der Waals surface area contributed by atoms with Gasteiger partial charge in [0, 0.05) is 13.6 Å². The SMILES string of the molecule is Cc1cccc(CN(C)c2nc(Cl)c(CCl)s2)c1. The first-order valence-corrected chi connectivity index (χ1v) is 7.31. The number of rotatable bonds is 4. The number of benzene rings is 1. The van der Waals surface area contributed by atoms with Crippen molar-refractivity contribution in [3.63, 3.8) is 0 Å². The zero-order valence-electron chi connectivity index (χ0n) is 10.3. The minimum Gasteiger partial charge on any atom is -0.347 e. The van der Waals surface area contributed by atoms with E-state index in [2.05, 4.69) is 41.1 Å². The van der Waals surface area contributed by atoms with E-state index in [1.165, 1.54) is 11.1 Å². The van der Waals surface area contributed by atoms with E-state index in [0.717, 1.165) is 16.6 Å². The Morgan fingerprint density at radius 1 is 1.39 bits per heavy atom. The second-order valence-corrected chi connectivity index (χ2v) is 5.88. The lowest BCUT2D eigenvalue weighted by Gasteiger charge is -2.15. The van der Waals surface area contributed by atoms with Gasteiger partial charge >= 0.3 is 0 Å². The van der Waals surface area contributed by atoms with Gasteiger partial charge in [-0.3, -0.25) is 0 Å². The molecule has 2 rings (SSSR count). The second kappa shape index (κ2) is 5.91. The summed E-state index contributed by atoms with van der Waals surface area (Å²) in [6.07, 6.45) is 0. The van der Waals surface area contributed by atoms with Crippen LogP contribution in [-0.2, 0) is 12.4 Å². The minimum atomic E-state index is 0.411. The summed E-state index contributed by atoms with van der Waals surface area (Å²) < 4.78 is 0. The van der Waals surface area contributed by atoms with Crippen LogP contribution >= 0.6 is 34.5 Å². The van der Waals surface area contributed by atoms with Gasteiger partial charge in [0.25, 0.3) is 0 Å². The normalized spacial score (nSPS) is 10.7. The summed E-state index contributed by atoms with van der Waals surface area (Å²) in [5, 5.41) is 1.42. The van der Waals surface area contributed by atoms with Crippen molar-refractivity contribution in [1.82, 2.24) is 4.98 Å². The molecule has 0 aliphatic heterocycles. The van der Waals surface area contributed by atoms with Crippen molar-refractivity contribution in [2.24, 2.45) is 0 Å². The highest BCUT2D eigenvalue weighted by atomic mass is 35.5. The van der Waals surface area contributed by atoms with Gasteiger partial charge in [-0.15, -0.1) is 11.6 Å². The fraction of sp³-hybridized carbons (Fsp3) is 0.308. The summed E-state index contributed by atoms with van der Waals surface area (Å²) in [5.74, 6) is 0.411. The van der Waals surface area contributed by atoms with Crippen LogP contribution in [0.4, 0.5) is 5.13 Å². The molecule has 0 fully saturated rings. The van der Waals surface area contributed by atoms with Crippen LogP contribution in [0.15, 0.2) is 24.3 Å². The van der Waals surface area contributed by atoms with E-state index in [-0.39, 0.29) is 0 Å². The third-order valence-corrected chi connectivity index (χ3v) is 4.61. The quantitative estimate of drug-likeness (QED) is 0.774. The molecule has 0 amide bonds. The number of nitrogens with zero attached hydrogens (tertiary/aromatic N) is 2. The number of alkyl halides is 1. The van der Waals surface area contributed by atoms with E-state index in [9.17, 15) is 0 Å². The first kappa shape index (κ1) is 13.7. The summed E-state index contributed by atoms with van der Waals surface area (Å²) in [5.41, 5.74) is 2.52. The Bertz CT molecular complexity index is 540. The molecular formula is C13H14Cl2N2S. The molecule has 0 N–H and O–H groups in total. The average Bonchev–Trinajstić information content (AvgIpc) is 2.70. The summed E-state index contributed by atoms with van der Waals surface area (Å²) >= 11 is 13.3. The van der Waals surface area contributed by atoms with Crippen molar-refractivity contribution >= 4 is 39.7 Å². The first-order chi connectivity index (χ1) is 8.60. The van der Waals surface area contributed by atoms with Gasteiger partial charge < -0.3 is 4.90 Å². The average molecular weight is 301 g/mol. The van der Waals surface area contributed by atoms with Crippen LogP contribution in [0.1, 0.15) is 16.0 Å². The molecular weight excluding hydrogens is 287 g/mol. The smallest absolute Gasteiger partial charge is 0.187 e. The van der Waals surface area contributed by atoms with E-state index in [4.69, 9.17) is 23.2 Å². The molecule has 96 valence electrons. The standard InChI is InChI=1S/C13H14Cl2N2S/c1-9-4-3-5-10(6-9)8-17(2)13-16-12(15)11(7-14)18-13/h3-6H,7-8H2,1-2H3. The van der Waals surface area contributed by atoms with Gasteiger partial charge in [-0.1, -0.05) is 52.8 Å². The highest BCUT2D eigenvalue weighted by Gasteiger charge is 2.12. The fourth-order valence-electron chi connectivity index (χ4n) is 1.72. The topological polar surface area (TPSA) is 16.1 Å². The molecule has 0 spiro atoms. The lowest BCUT2D eigenvalue weighted by atomic mass is 10.1. The van der Waals surface area contributed by atoms with Crippen LogP contribution < -0.4 is 4.90 Å². The molecule has 0 unspecified atom stereocenters. The molecule has 1 aromatic carbocycles. The molecule has 18 heavy (non-hydrogen) atoms. The number of hydrogen-bond donors (Lipinski definition) is 0. The Morgan fingerprint density at radius 2 is 2.17 bits per heavy atom. The predicted molar refractivity (Wildman–Crippen MR) is 80.0 cm³/mol.